The summed E-state index contributed by atoms with van der Waals surface area (Å²) in [6.07, 6.45) is 8.25. The van der Waals surface area contributed by atoms with Crippen LogP contribution in [0.1, 0.15) is 66.2 Å². The molecule has 0 bridgehead atoms. The first-order chi connectivity index (χ1) is 6.60. The van der Waals surface area contributed by atoms with E-state index in [2.05, 4.69) is 34.6 Å². The molecule has 0 aromatic rings. The third kappa shape index (κ3) is 7.41. The highest BCUT2D eigenvalue weighted by molar-refractivity contribution is 4.66. The Balaban J connectivity index is 3.68. The van der Waals surface area contributed by atoms with E-state index in [9.17, 15) is 0 Å². The molecular formula is C14H29. The largest absolute Gasteiger partial charge is 0.0654 e. The first-order valence-corrected chi connectivity index (χ1v) is 6.43. The van der Waals surface area contributed by atoms with Crippen molar-refractivity contribution in [2.24, 2.45) is 17.8 Å². The van der Waals surface area contributed by atoms with Gasteiger partial charge in [0.2, 0.25) is 0 Å². The average Bonchev–Trinajstić information content (AvgIpc) is 2.10. The topological polar surface area (TPSA) is 0 Å². The Morgan fingerprint density at radius 3 is 2.14 bits per heavy atom. The molecule has 0 aliphatic rings. The normalized spacial score (nSPS) is 15.9. The van der Waals surface area contributed by atoms with E-state index in [1.807, 2.05) is 0 Å². The minimum Gasteiger partial charge on any atom is -0.0654 e. The van der Waals surface area contributed by atoms with Gasteiger partial charge in [-0.3, -0.25) is 0 Å². The summed E-state index contributed by atoms with van der Waals surface area (Å²) in [5.41, 5.74) is 0. The van der Waals surface area contributed by atoms with Crippen molar-refractivity contribution < 1.29 is 0 Å². The van der Waals surface area contributed by atoms with E-state index in [-0.39, 0.29) is 0 Å². The van der Waals surface area contributed by atoms with Gasteiger partial charge in [-0.2, -0.15) is 0 Å². The lowest BCUT2D eigenvalue weighted by Gasteiger charge is -2.20. The predicted octanol–water partition coefficient (Wildman–Crippen LogP) is 5.09. The van der Waals surface area contributed by atoms with E-state index in [1.165, 1.54) is 38.5 Å². The van der Waals surface area contributed by atoms with Crippen molar-refractivity contribution in [1.29, 1.82) is 0 Å². The summed E-state index contributed by atoms with van der Waals surface area (Å²) in [5, 5.41) is 0. The molecule has 0 aliphatic heterocycles. The monoisotopic (exact) mass is 197 g/mol. The van der Waals surface area contributed by atoms with Gasteiger partial charge in [-0.05, 0) is 30.6 Å². The maximum absolute atomic E-state index is 4.07. The highest BCUT2D eigenvalue weighted by Crippen LogP contribution is 2.25. The lowest BCUT2D eigenvalue weighted by molar-refractivity contribution is 0.323. The molecule has 85 valence electrons. The minimum absolute atomic E-state index is 0.619. The maximum Gasteiger partial charge on any atom is -0.0414 e. The second kappa shape index (κ2) is 8.32. The molecule has 0 saturated carbocycles. The molecule has 0 rings (SSSR count). The fourth-order valence-corrected chi connectivity index (χ4v) is 2.33. The van der Waals surface area contributed by atoms with Gasteiger partial charge in [-0.15, -0.1) is 0 Å². The van der Waals surface area contributed by atoms with Crippen LogP contribution in [0.4, 0.5) is 0 Å². The Bertz CT molecular complexity index is 115. The van der Waals surface area contributed by atoms with Crippen molar-refractivity contribution in [3.63, 3.8) is 0 Å². The van der Waals surface area contributed by atoms with Crippen LogP contribution in [0.2, 0.25) is 0 Å². The first kappa shape index (κ1) is 14.0. The molecule has 0 aliphatic carbocycles. The second-order valence-electron chi connectivity index (χ2n) is 5.10. The zero-order valence-corrected chi connectivity index (χ0v) is 10.7. The van der Waals surface area contributed by atoms with Crippen LogP contribution in [0.5, 0.6) is 0 Å². The van der Waals surface area contributed by atoms with Crippen LogP contribution >= 0.6 is 0 Å². The third-order valence-corrected chi connectivity index (χ3v) is 3.08. The maximum atomic E-state index is 4.07. The fraction of sp³-hybridized carbons (Fsp3) is 0.929. The summed E-state index contributed by atoms with van der Waals surface area (Å²) in [6.45, 7) is 13.3. The van der Waals surface area contributed by atoms with Crippen LogP contribution in [-0.2, 0) is 0 Å². The van der Waals surface area contributed by atoms with Gasteiger partial charge in [0.1, 0.15) is 0 Å². The molecule has 0 N–H and O–H groups in total. The van der Waals surface area contributed by atoms with Crippen molar-refractivity contribution in [2.45, 2.75) is 66.2 Å². The van der Waals surface area contributed by atoms with Gasteiger partial charge >= 0.3 is 0 Å². The molecule has 0 aromatic carbocycles. The fourth-order valence-electron chi connectivity index (χ4n) is 2.33. The van der Waals surface area contributed by atoms with E-state index in [1.54, 1.807) is 0 Å². The van der Waals surface area contributed by atoms with E-state index >= 15 is 0 Å². The molecule has 14 heavy (non-hydrogen) atoms. The van der Waals surface area contributed by atoms with Crippen molar-refractivity contribution in [3.05, 3.63) is 6.92 Å². The van der Waals surface area contributed by atoms with E-state index < -0.39 is 0 Å². The summed E-state index contributed by atoms with van der Waals surface area (Å²) >= 11 is 0. The van der Waals surface area contributed by atoms with Gasteiger partial charge < -0.3 is 0 Å². The minimum atomic E-state index is 0.619. The van der Waals surface area contributed by atoms with E-state index in [0.29, 0.717) is 5.92 Å². The second-order valence-corrected chi connectivity index (χ2v) is 5.10. The Morgan fingerprint density at radius 2 is 1.71 bits per heavy atom. The van der Waals surface area contributed by atoms with Crippen molar-refractivity contribution >= 4 is 0 Å². The van der Waals surface area contributed by atoms with Gasteiger partial charge in [0.25, 0.3) is 0 Å². The Morgan fingerprint density at radius 1 is 1.07 bits per heavy atom. The molecule has 0 heterocycles. The summed E-state index contributed by atoms with van der Waals surface area (Å²) in [6, 6.07) is 0. The highest BCUT2D eigenvalue weighted by Gasteiger charge is 2.12. The van der Waals surface area contributed by atoms with Crippen LogP contribution in [0, 0.1) is 24.7 Å². The number of rotatable bonds is 8. The number of unbranched alkanes of at least 4 members (excludes halogenated alkanes) is 1. The molecule has 0 saturated heterocycles. The molecular weight excluding hydrogens is 168 g/mol. The predicted molar refractivity (Wildman–Crippen MR) is 66.2 cm³/mol. The zero-order valence-electron chi connectivity index (χ0n) is 10.7. The molecule has 0 aromatic heterocycles. The van der Waals surface area contributed by atoms with Crippen LogP contribution in [-0.4, -0.2) is 0 Å². The van der Waals surface area contributed by atoms with Crippen molar-refractivity contribution in [2.75, 3.05) is 0 Å². The lowest BCUT2D eigenvalue weighted by Crippen LogP contribution is -2.08. The molecule has 0 fully saturated rings. The van der Waals surface area contributed by atoms with Crippen molar-refractivity contribution in [1.82, 2.24) is 0 Å². The Hall–Kier alpha value is 0. The van der Waals surface area contributed by atoms with Crippen LogP contribution < -0.4 is 0 Å². The number of hydrogen-bond donors (Lipinski definition) is 0. The number of hydrogen-bond acceptors (Lipinski definition) is 0. The van der Waals surface area contributed by atoms with Crippen molar-refractivity contribution in [3.8, 4) is 0 Å². The SMILES string of the molecule is [CH2]C(C)CC(C)CC(CC)CCCC. The van der Waals surface area contributed by atoms with Gasteiger partial charge in [0.05, 0.1) is 0 Å². The Kier molecular flexibility index (Phi) is 8.32. The summed E-state index contributed by atoms with van der Waals surface area (Å²) in [4.78, 5) is 0. The van der Waals surface area contributed by atoms with E-state index in [4.69, 9.17) is 0 Å². The molecule has 0 heteroatoms. The molecule has 3 unspecified atom stereocenters. The van der Waals surface area contributed by atoms with Gasteiger partial charge in [0.15, 0.2) is 0 Å². The summed E-state index contributed by atoms with van der Waals surface area (Å²) in [7, 11) is 0. The lowest BCUT2D eigenvalue weighted by atomic mass is 9.86. The molecule has 0 spiro atoms. The molecule has 0 amide bonds. The summed E-state index contributed by atoms with van der Waals surface area (Å²) < 4.78 is 0. The van der Waals surface area contributed by atoms with Crippen LogP contribution in [0.15, 0.2) is 0 Å². The van der Waals surface area contributed by atoms with Gasteiger partial charge in [0, 0.05) is 0 Å². The standard InChI is InChI=1S/C14H29/c1-6-8-9-14(7-2)11-13(5)10-12(3)4/h12-14H,3,6-11H2,1-2,4-5H3. The van der Waals surface area contributed by atoms with Gasteiger partial charge in [-0.25, -0.2) is 0 Å². The van der Waals surface area contributed by atoms with Crippen LogP contribution in [0.25, 0.3) is 0 Å². The smallest absolute Gasteiger partial charge is 0.0414 e. The molecule has 1 radical (unpaired) electrons. The van der Waals surface area contributed by atoms with Gasteiger partial charge in [-0.1, -0.05) is 60.3 Å². The third-order valence-electron chi connectivity index (χ3n) is 3.08. The summed E-state index contributed by atoms with van der Waals surface area (Å²) in [5.74, 6) is 2.45. The molecule has 3 atom stereocenters. The Labute approximate surface area is 91.5 Å². The highest BCUT2D eigenvalue weighted by atomic mass is 14.2. The van der Waals surface area contributed by atoms with E-state index in [0.717, 1.165) is 11.8 Å². The van der Waals surface area contributed by atoms with Crippen LogP contribution in [0.3, 0.4) is 0 Å². The average molecular weight is 197 g/mol. The molecule has 0 nitrogen and oxygen atoms in total. The first-order valence-electron chi connectivity index (χ1n) is 6.43. The zero-order chi connectivity index (χ0) is 11.0. The quantitative estimate of drug-likeness (QED) is 0.508.